The van der Waals surface area contributed by atoms with E-state index in [4.69, 9.17) is 0 Å². The minimum Gasteiger partial charge on any atom is -0.206 e. The SMILES string of the molecule is Fc1c(CBr)cccc1-c1c(F)c(F)c(F)c(F)c1F. The molecule has 0 aromatic heterocycles. The van der Waals surface area contributed by atoms with Gasteiger partial charge in [-0.05, 0) is 5.56 Å². The van der Waals surface area contributed by atoms with Crippen molar-refractivity contribution in [1.29, 1.82) is 0 Å². The van der Waals surface area contributed by atoms with Crippen molar-refractivity contribution >= 4 is 15.9 Å². The Balaban J connectivity index is 2.84. The van der Waals surface area contributed by atoms with E-state index in [1.54, 1.807) is 0 Å². The van der Waals surface area contributed by atoms with Crippen molar-refractivity contribution in [3.63, 3.8) is 0 Å². The lowest BCUT2D eigenvalue weighted by Crippen LogP contribution is -2.05. The molecule has 0 atom stereocenters. The summed E-state index contributed by atoms with van der Waals surface area (Å²) in [6.07, 6.45) is 0. The van der Waals surface area contributed by atoms with Gasteiger partial charge in [0.05, 0.1) is 5.56 Å². The van der Waals surface area contributed by atoms with Crippen LogP contribution < -0.4 is 0 Å². The lowest BCUT2D eigenvalue weighted by Gasteiger charge is -2.10. The molecule has 0 N–H and O–H groups in total. The predicted molar refractivity (Wildman–Crippen MR) is 64.3 cm³/mol. The molecule has 106 valence electrons. The highest BCUT2D eigenvalue weighted by atomic mass is 79.9. The van der Waals surface area contributed by atoms with E-state index >= 15 is 0 Å². The van der Waals surface area contributed by atoms with E-state index in [2.05, 4.69) is 15.9 Å². The Hall–Kier alpha value is -1.50. The Bertz CT molecular complexity index is 654. The fraction of sp³-hybridized carbons (Fsp3) is 0.0769. The minimum atomic E-state index is -2.28. The summed E-state index contributed by atoms with van der Waals surface area (Å²) in [6.45, 7) is 0. The second-order valence-corrected chi connectivity index (χ2v) is 4.42. The zero-order valence-electron chi connectivity index (χ0n) is 9.58. The topological polar surface area (TPSA) is 0 Å². The van der Waals surface area contributed by atoms with Crippen LogP contribution in [-0.2, 0) is 5.33 Å². The zero-order chi connectivity index (χ0) is 15.0. The van der Waals surface area contributed by atoms with Crippen LogP contribution in [0.2, 0.25) is 0 Å². The Morgan fingerprint density at radius 2 is 1.20 bits per heavy atom. The van der Waals surface area contributed by atoms with Crippen LogP contribution in [0.1, 0.15) is 5.56 Å². The van der Waals surface area contributed by atoms with Crippen molar-refractivity contribution in [2.75, 3.05) is 0 Å². The number of hydrogen-bond acceptors (Lipinski definition) is 0. The van der Waals surface area contributed by atoms with E-state index < -0.39 is 46.0 Å². The molecule has 2 aromatic rings. The van der Waals surface area contributed by atoms with Gasteiger partial charge in [0.1, 0.15) is 5.82 Å². The first-order chi connectivity index (χ1) is 9.40. The van der Waals surface area contributed by atoms with Gasteiger partial charge in [-0.3, -0.25) is 0 Å². The molecular weight excluding hydrogens is 350 g/mol. The fourth-order valence-electron chi connectivity index (χ4n) is 1.72. The number of halogens is 7. The molecule has 0 saturated carbocycles. The summed E-state index contributed by atoms with van der Waals surface area (Å²) in [6, 6.07) is 3.52. The second-order valence-electron chi connectivity index (χ2n) is 3.86. The monoisotopic (exact) mass is 354 g/mol. The average Bonchev–Trinajstić information content (AvgIpc) is 2.45. The van der Waals surface area contributed by atoms with Crippen LogP contribution in [0.5, 0.6) is 0 Å². The Morgan fingerprint density at radius 3 is 1.70 bits per heavy atom. The molecule has 7 heteroatoms. The third kappa shape index (κ3) is 2.19. The third-order valence-electron chi connectivity index (χ3n) is 2.70. The molecule has 0 unspecified atom stereocenters. The van der Waals surface area contributed by atoms with E-state index in [9.17, 15) is 26.3 Å². The van der Waals surface area contributed by atoms with Gasteiger partial charge in [0.15, 0.2) is 23.3 Å². The lowest BCUT2D eigenvalue weighted by atomic mass is 10.0. The highest BCUT2D eigenvalue weighted by molar-refractivity contribution is 9.08. The fourth-order valence-corrected chi connectivity index (χ4v) is 2.15. The van der Waals surface area contributed by atoms with Crippen LogP contribution >= 0.6 is 15.9 Å². The number of alkyl halides is 1. The zero-order valence-corrected chi connectivity index (χ0v) is 11.2. The normalized spacial score (nSPS) is 10.9. The van der Waals surface area contributed by atoms with Crippen LogP contribution in [-0.4, -0.2) is 0 Å². The van der Waals surface area contributed by atoms with Crippen molar-refractivity contribution in [1.82, 2.24) is 0 Å². The molecule has 0 aliphatic heterocycles. The molecule has 0 aliphatic rings. The van der Waals surface area contributed by atoms with E-state index in [0.29, 0.717) is 0 Å². The van der Waals surface area contributed by atoms with Crippen molar-refractivity contribution in [3.8, 4) is 11.1 Å². The standard InChI is InChI=1S/C13H5BrF6/c14-4-5-2-1-3-6(8(5)15)7-9(16)11(18)13(20)12(19)10(7)17/h1-3H,4H2. The smallest absolute Gasteiger partial charge is 0.200 e. The Labute approximate surface area is 118 Å². The summed E-state index contributed by atoms with van der Waals surface area (Å²) < 4.78 is 80.3. The molecule has 0 saturated heterocycles. The van der Waals surface area contributed by atoms with Gasteiger partial charge in [0.2, 0.25) is 5.82 Å². The summed E-state index contributed by atoms with van der Waals surface area (Å²) in [5.41, 5.74) is -1.93. The van der Waals surface area contributed by atoms with Crippen LogP contribution in [0, 0.1) is 34.9 Å². The van der Waals surface area contributed by atoms with Crippen molar-refractivity contribution in [2.24, 2.45) is 0 Å². The molecule has 0 fully saturated rings. The molecule has 0 spiro atoms. The van der Waals surface area contributed by atoms with Gasteiger partial charge in [-0.2, -0.15) is 0 Å². The van der Waals surface area contributed by atoms with E-state index in [1.165, 1.54) is 12.1 Å². The minimum absolute atomic E-state index is 0.0298. The number of hydrogen-bond donors (Lipinski definition) is 0. The summed E-state index contributed by atoms with van der Waals surface area (Å²) in [5, 5.41) is 0.0298. The number of rotatable bonds is 2. The maximum atomic E-state index is 14.0. The van der Waals surface area contributed by atoms with Gasteiger partial charge in [0, 0.05) is 10.9 Å². The molecular formula is C13H5BrF6. The van der Waals surface area contributed by atoms with Gasteiger partial charge in [-0.25, -0.2) is 26.3 Å². The molecule has 0 amide bonds. The maximum absolute atomic E-state index is 14.0. The Morgan fingerprint density at radius 1 is 0.700 bits per heavy atom. The van der Waals surface area contributed by atoms with Gasteiger partial charge in [-0.1, -0.05) is 34.1 Å². The quantitative estimate of drug-likeness (QED) is 0.305. The summed E-state index contributed by atoms with van der Waals surface area (Å²) >= 11 is 2.96. The summed E-state index contributed by atoms with van der Waals surface area (Å²) in [5.74, 6) is -11.7. The van der Waals surface area contributed by atoms with Crippen LogP contribution in [0.15, 0.2) is 18.2 Å². The van der Waals surface area contributed by atoms with E-state index in [-0.39, 0.29) is 10.9 Å². The second kappa shape index (κ2) is 5.47. The highest BCUT2D eigenvalue weighted by Gasteiger charge is 2.28. The Kier molecular flexibility index (Phi) is 4.08. The first kappa shape index (κ1) is 14.9. The van der Waals surface area contributed by atoms with Crippen molar-refractivity contribution in [3.05, 3.63) is 58.7 Å². The van der Waals surface area contributed by atoms with Gasteiger partial charge >= 0.3 is 0 Å². The van der Waals surface area contributed by atoms with Gasteiger partial charge in [-0.15, -0.1) is 0 Å². The van der Waals surface area contributed by atoms with Crippen molar-refractivity contribution < 1.29 is 26.3 Å². The molecule has 0 nitrogen and oxygen atoms in total. The average molecular weight is 355 g/mol. The van der Waals surface area contributed by atoms with Crippen LogP contribution in [0.4, 0.5) is 26.3 Å². The van der Waals surface area contributed by atoms with E-state index in [1.807, 2.05) is 0 Å². The molecule has 20 heavy (non-hydrogen) atoms. The number of benzene rings is 2. The van der Waals surface area contributed by atoms with Crippen LogP contribution in [0.25, 0.3) is 11.1 Å². The van der Waals surface area contributed by atoms with Crippen molar-refractivity contribution in [2.45, 2.75) is 5.33 Å². The largest absolute Gasteiger partial charge is 0.206 e. The van der Waals surface area contributed by atoms with Crippen LogP contribution in [0.3, 0.4) is 0 Å². The molecule has 0 aliphatic carbocycles. The molecule has 0 radical (unpaired) electrons. The molecule has 0 heterocycles. The first-order valence-electron chi connectivity index (χ1n) is 5.25. The maximum Gasteiger partial charge on any atom is 0.200 e. The van der Waals surface area contributed by atoms with Gasteiger partial charge in [0.25, 0.3) is 0 Å². The summed E-state index contributed by atoms with van der Waals surface area (Å²) in [4.78, 5) is 0. The molecule has 0 bridgehead atoms. The highest BCUT2D eigenvalue weighted by Crippen LogP contribution is 2.34. The molecule has 2 aromatic carbocycles. The predicted octanol–water partition coefficient (Wildman–Crippen LogP) is 5.08. The third-order valence-corrected chi connectivity index (χ3v) is 3.31. The van der Waals surface area contributed by atoms with Gasteiger partial charge < -0.3 is 0 Å². The molecule has 2 rings (SSSR count). The van der Waals surface area contributed by atoms with E-state index in [0.717, 1.165) is 6.07 Å². The lowest BCUT2D eigenvalue weighted by molar-refractivity contribution is 0.381. The first-order valence-corrected chi connectivity index (χ1v) is 6.37. The summed E-state index contributed by atoms with van der Waals surface area (Å²) in [7, 11) is 0.